The predicted octanol–water partition coefficient (Wildman–Crippen LogP) is 4.35. The Morgan fingerprint density at radius 3 is 2.50 bits per heavy atom. The first-order valence-corrected chi connectivity index (χ1v) is 8.25. The van der Waals surface area contributed by atoms with E-state index in [9.17, 15) is 0 Å². The van der Waals surface area contributed by atoms with Crippen LogP contribution in [-0.4, -0.2) is 17.0 Å². The van der Waals surface area contributed by atoms with Gasteiger partial charge in [0, 0.05) is 17.0 Å². The van der Waals surface area contributed by atoms with E-state index in [1.54, 1.807) is 0 Å². The molecule has 0 radical (unpaired) electrons. The molecule has 1 saturated carbocycles. The standard InChI is InChI=1S/C14H29NS/c1-2-3-4-5-6-9-13(15)12-16-14-10-7-8-11-14/h13-14H,2-12,15H2,1H3. The summed E-state index contributed by atoms with van der Waals surface area (Å²) >= 11 is 2.14. The van der Waals surface area contributed by atoms with Gasteiger partial charge in [-0.1, -0.05) is 51.9 Å². The smallest absolute Gasteiger partial charge is 0.0130 e. The zero-order valence-corrected chi connectivity index (χ0v) is 11.7. The molecule has 1 aliphatic rings. The molecule has 0 aromatic carbocycles. The fourth-order valence-electron chi connectivity index (χ4n) is 2.41. The molecule has 1 rings (SSSR count). The molecule has 1 unspecified atom stereocenters. The number of thioether (sulfide) groups is 1. The summed E-state index contributed by atoms with van der Waals surface area (Å²) in [6.45, 7) is 2.27. The minimum Gasteiger partial charge on any atom is -0.327 e. The van der Waals surface area contributed by atoms with Crippen LogP contribution in [0.2, 0.25) is 0 Å². The van der Waals surface area contributed by atoms with E-state index in [1.807, 2.05) is 0 Å². The first-order valence-electron chi connectivity index (χ1n) is 7.20. The van der Waals surface area contributed by atoms with Crippen LogP contribution in [0.3, 0.4) is 0 Å². The van der Waals surface area contributed by atoms with Crippen molar-refractivity contribution in [2.75, 3.05) is 5.75 Å². The fraction of sp³-hybridized carbons (Fsp3) is 1.00. The zero-order valence-electron chi connectivity index (χ0n) is 10.9. The lowest BCUT2D eigenvalue weighted by Crippen LogP contribution is -2.23. The molecule has 0 amide bonds. The molecule has 0 aromatic rings. The Labute approximate surface area is 106 Å². The monoisotopic (exact) mass is 243 g/mol. The Morgan fingerprint density at radius 2 is 1.81 bits per heavy atom. The van der Waals surface area contributed by atoms with Crippen LogP contribution in [0.4, 0.5) is 0 Å². The molecule has 0 saturated heterocycles. The summed E-state index contributed by atoms with van der Waals surface area (Å²) in [5.74, 6) is 1.19. The summed E-state index contributed by atoms with van der Waals surface area (Å²) in [6, 6.07) is 0.451. The second-order valence-corrected chi connectivity index (χ2v) is 6.54. The van der Waals surface area contributed by atoms with Crippen LogP contribution in [0.25, 0.3) is 0 Å². The molecule has 16 heavy (non-hydrogen) atoms. The third kappa shape index (κ3) is 6.80. The molecular weight excluding hydrogens is 214 g/mol. The van der Waals surface area contributed by atoms with Gasteiger partial charge in [0.1, 0.15) is 0 Å². The van der Waals surface area contributed by atoms with E-state index >= 15 is 0 Å². The summed E-state index contributed by atoms with van der Waals surface area (Å²) < 4.78 is 0. The first kappa shape index (κ1) is 14.4. The van der Waals surface area contributed by atoms with Gasteiger partial charge in [0.2, 0.25) is 0 Å². The van der Waals surface area contributed by atoms with Crippen molar-refractivity contribution in [3.8, 4) is 0 Å². The molecular formula is C14H29NS. The molecule has 2 heteroatoms. The Morgan fingerprint density at radius 1 is 1.12 bits per heavy atom. The minimum absolute atomic E-state index is 0.451. The van der Waals surface area contributed by atoms with Gasteiger partial charge in [0.15, 0.2) is 0 Å². The van der Waals surface area contributed by atoms with E-state index in [1.165, 1.54) is 70.0 Å². The average molecular weight is 243 g/mol. The van der Waals surface area contributed by atoms with Crippen LogP contribution < -0.4 is 5.73 Å². The van der Waals surface area contributed by atoms with Crippen molar-refractivity contribution in [1.82, 2.24) is 0 Å². The van der Waals surface area contributed by atoms with Crippen LogP contribution in [0.1, 0.15) is 71.1 Å². The highest BCUT2D eigenvalue weighted by Gasteiger charge is 2.16. The minimum atomic E-state index is 0.451. The number of nitrogens with two attached hydrogens (primary N) is 1. The lowest BCUT2D eigenvalue weighted by atomic mass is 10.1. The van der Waals surface area contributed by atoms with Gasteiger partial charge in [-0.3, -0.25) is 0 Å². The second-order valence-electron chi connectivity index (χ2n) is 5.20. The Bertz CT molecular complexity index is 155. The molecule has 0 aromatic heterocycles. The Balaban J connectivity index is 1.87. The molecule has 0 heterocycles. The molecule has 0 aliphatic heterocycles. The molecule has 1 nitrogen and oxygen atoms in total. The molecule has 0 bridgehead atoms. The number of hydrogen-bond donors (Lipinski definition) is 1. The number of unbranched alkanes of at least 4 members (excludes halogenated alkanes) is 4. The van der Waals surface area contributed by atoms with Crippen molar-refractivity contribution < 1.29 is 0 Å². The molecule has 1 fully saturated rings. The quantitative estimate of drug-likeness (QED) is 0.609. The highest BCUT2D eigenvalue weighted by molar-refractivity contribution is 7.99. The number of rotatable bonds is 9. The van der Waals surface area contributed by atoms with E-state index in [2.05, 4.69) is 18.7 Å². The molecule has 1 aliphatic carbocycles. The predicted molar refractivity (Wildman–Crippen MR) is 76.1 cm³/mol. The summed E-state index contributed by atoms with van der Waals surface area (Å²) in [6.07, 6.45) is 13.9. The van der Waals surface area contributed by atoms with Gasteiger partial charge in [0.05, 0.1) is 0 Å². The zero-order chi connectivity index (χ0) is 11.6. The van der Waals surface area contributed by atoms with Crippen LogP contribution in [-0.2, 0) is 0 Å². The van der Waals surface area contributed by atoms with E-state index in [0.29, 0.717) is 6.04 Å². The molecule has 0 spiro atoms. The maximum absolute atomic E-state index is 6.15. The summed E-state index contributed by atoms with van der Waals surface area (Å²) in [5.41, 5.74) is 6.15. The SMILES string of the molecule is CCCCCCCC(N)CSC1CCCC1. The van der Waals surface area contributed by atoms with E-state index in [0.717, 1.165) is 5.25 Å². The van der Waals surface area contributed by atoms with Gasteiger partial charge >= 0.3 is 0 Å². The Kier molecular flexibility index (Phi) is 8.40. The second kappa shape index (κ2) is 9.35. The van der Waals surface area contributed by atoms with E-state index in [-0.39, 0.29) is 0 Å². The average Bonchev–Trinajstić information content (AvgIpc) is 2.79. The van der Waals surface area contributed by atoms with Crippen molar-refractivity contribution in [3.05, 3.63) is 0 Å². The Hall–Kier alpha value is 0.310. The van der Waals surface area contributed by atoms with Crippen molar-refractivity contribution in [2.45, 2.75) is 82.4 Å². The van der Waals surface area contributed by atoms with E-state index in [4.69, 9.17) is 5.73 Å². The summed E-state index contributed by atoms with van der Waals surface area (Å²) in [7, 11) is 0. The molecule has 2 N–H and O–H groups in total. The lowest BCUT2D eigenvalue weighted by Gasteiger charge is -2.14. The van der Waals surface area contributed by atoms with Gasteiger partial charge < -0.3 is 5.73 Å². The summed E-state index contributed by atoms with van der Waals surface area (Å²) in [5, 5.41) is 0.936. The fourth-order valence-corrected chi connectivity index (χ4v) is 3.76. The molecule has 1 atom stereocenters. The van der Waals surface area contributed by atoms with Gasteiger partial charge in [-0.2, -0.15) is 11.8 Å². The summed E-state index contributed by atoms with van der Waals surface area (Å²) in [4.78, 5) is 0. The maximum Gasteiger partial charge on any atom is 0.0130 e. The van der Waals surface area contributed by atoms with Gasteiger partial charge in [-0.25, -0.2) is 0 Å². The van der Waals surface area contributed by atoms with Crippen LogP contribution >= 0.6 is 11.8 Å². The topological polar surface area (TPSA) is 26.0 Å². The maximum atomic E-state index is 6.15. The van der Waals surface area contributed by atoms with Gasteiger partial charge in [0.25, 0.3) is 0 Å². The van der Waals surface area contributed by atoms with Crippen molar-refractivity contribution in [1.29, 1.82) is 0 Å². The lowest BCUT2D eigenvalue weighted by molar-refractivity contribution is 0.566. The van der Waals surface area contributed by atoms with Crippen LogP contribution in [0.15, 0.2) is 0 Å². The molecule has 96 valence electrons. The van der Waals surface area contributed by atoms with Crippen molar-refractivity contribution in [2.24, 2.45) is 5.73 Å². The largest absolute Gasteiger partial charge is 0.327 e. The third-order valence-electron chi connectivity index (χ3n) is 3.53. The third-order valence-corrected chi connectivity index (χ3v) is 5.09. The normalized spacial score (nSPS) is 19.1. The van der Waals surface area contributed by atoms with Gasteiger partial charge in [-0.15, -0.1) is 0 Å². The first-order chi connectivity index (χ1) is 7.83. The highest BCUT2D eigenvalue weighted by Crippen LogP contribution is 2.29. The van der Waals surface area contributed by atoms with Crippen LogP contribution in [0, 0.1) is 0 Å². The van der Waals surface area contributed by atoms with Crippen molar-refractivity contribution in [3.63, 3.8) is 0 Å². The van der Waals surface area contributed by atoms with E-state index < -0.39 is 0 Å². The van der Waals surface area contributed by atoms with Gasteiger partial charge in [-0.05, 0) is 19.3 Å². The number of hydrogen-bond acceptors (Lipinski definition) is 2. The van der Waals surface area contributed by atoms with Crippen LogP contribution in [0.5, 0.6) is 0 Å². The van der Waals surface area contributed by atoms with Crippen molar-refractivity contribution >= 4 is 11.8 Å². The highest BCUT2D eigenvalue weighted by atomic mass is 32.2.